The van der Waals surface area contributed by atoms with Crippen LogP contribution in [0.25, 0.3) is 0 Å². The number of amides is 1. The van der Waals surface area contributed by atoms with Crippen molar-refractivity contribution >= 4 is 34.0 Å². The Morgan fingerprint density at radius 1 is 1.30 bits per heavy atom. The van der Waals surface area contributed by atoms with Gasteiger partial charge in [0.05, 0.1) is 18.0 Å². The largest absolute Gasteiger partial charge is 0.510 e. The monoisotopic (exact) mass is 388 g/mol. The third kappa shape index (κ3) is 5.20. The number of allylic oxidation sites excluding steroid dienone is 1. The van der Waals surface area contributed by atoms with E-state index < -0.39 is 11.9 Å². The quantitative estimate of drug-likeness (QED) is 0.328. The molecule has 1 aromatic heterocycles. The molecule has 0 unspecified atom stereocenters. The van der Waals surface area contributed by atoms with Crippen LogP contribution in [0.15, 0.2) is 46.0 Å². The van der Waals surface area contributed by atoms with Gasteiger partial charge in [-0.1, -0.05) is 29.5 Å². The Kier molecular flexibility index (Phi) is 6.78. The predicted molar refractivity (Wildman–Crippen MR) is 102 cm³/mol. The highest BCUT2D eigenvalue weighted by Gasteiger charge is 2.20. The number of esters is 1. The highest BCUT2D eigenvalue weighted by molar-refractivity contribution is 7.17. The lowest BCUT2D eigenvalue weighted by Gasteiger charge is -2.03. The zero-order valence-electron chi connectivity index (χ0n) is 15.4. The van der Waals surface area contributed by atoms with E-state index in [1.54, 1.807) is 26.0 Å². The number of anilines is 1. The third-order valence-corrected chi connectivity index (χ3v) is 4.46. The van der Waals surface area contributed by atoms with Crippen LogP contribution in [-0.4, -0.2) is 28.6 Å². The molecule has 142 valence electrons. The van der Waals surface area contributed by atoms with Gasteiger partial charge in [0.15, 0.2) is 10.8 Å². The Morgan fingerprint density at radius 3 is 2.63 bits per heavy atom. The van der Waals surface area contributed by atoms with Crippen LogP contribution in [0.5, 0.6) is 0 Å². The summed E-state index contributed by atoms with van der Waals surface area (Å²) in [5, 5.41) is 20.4. The number of nitrogens with zero attached hydrogens (tertiary/aromatic N) is 3. The number of hydrogen-bond acceptors (Lipinski definition) is 8. The van der Waals surface area contributed by atoms with Crippen molar-refractivity contribution in [2.24, 2.45) is 10.2 Å². The fourth-order valence-corrected chi connectivity index (χ4v) is 2.91. The molecule has 1 heterocycles. The van der Waals surface area contributed by atoms with Gasteiger partial charge < -0.3 is 9.84 Å². The van der Waals surface area contributed by atoms with E-state index >= 15 is 0 Å². The molecule has 0 saturated carbocycles. The fourth-order valence-electron chi connectivity index (χ4n) is 2.05. The summed E-state index contributed by atoms with van der Waals surface area (Å²) in [6.45, 7) is 6.79. The number of ether oxygens (including phenoxy) is 1. The van der Waals surface area contributed by atoms with Crippen molar-refractivity contribution in [3.63, 3.8) is 0 Å². The Balaban J connectivity index is 2.19. The van der Waals surface area contributed by atoms with Gasteiger partial charge in [-0.25, -0.2) is 9.78 Å². The molecule has 8 nitrogen and oxygen atoms in total. The van der Waals surface area contributed by atoms with Gasteiger partial charge >= 0.3 is 5.97 Å². The van der Waals surface area contributed by atoms with Crippen molar-refractivity contribution < 1.29 is 19.4 Å². The lowest BCUT2D eigenvalue weighted by Crippen LogP contribution is -2.14. The standard InChI is InChI=1S/C18H20N4O4S/c1-5-26-17(25)15-11(3)19-18(27-15)20-16(24)14(12(4)23)22-21-13-9-7-6-8-10(13)2/h6-9,23H,5H2,1-4H3,(H,19,20,24)/b14-12-,22-21?. The molecule has 0 spiro atoms. The molecule has 1 aromatic carbocycles. The highest BCUT2D eigenvalue weighted by atomic mass is 32.1. The number of aromatic nitrogens is 1. The first kappa shape index (κ1) is 20.2. The first-order chi connectivity index (χ1) is 12.8. The van der Waals surface area contributed by atoms with Crippen LogP contribution in [0.1, 0.15) is 34.8 Å². The van der Waals surface area contributed by atoms with Gasteiger partial charge in [0.1, 0.15) is 10.6 Å². The Bertz CT molecular complexity index is 914. The van der Waals surface area contributed by atoms with E-state index in [2.05, 4.69) is 20.5 Å². The summed E-state index contributed by atoms with van der Waals surface area (Å²) in [7, 11) is 0. The number of rotatable bonds is 6. The summed E-state index contributed by atoms with van der Waals surface area (Å²) in [5.74, 6) is -1.47. The molecular formula is C18H20N4O4S. The maximum Gasteiger partial charge on any atom is 0.350 e. The number of azo groups is 1. The van der Waals surface area contributed by atoms with Crippen molar-refractivity contribution in [3.8, 4) is 0 Å². The molecule has 0 aliphatic rings. The molecule has 0 aliphatic carbocycles. The van der Waals surface area contributed by atoms with Crippen LogP contribution in [-0.2, 0) is 9.53 Å². The van der Waals surface area contributed by atoms with Crippen molar-refractivity contribution in [2.45, 2.75) is 27.7 Å². The van der Waals surface area contributed by atoms with Crippen LogP contribution in [0, 0.1) is 13.8 Å². The molecule has 2 aromatic rings. The lowest BCUT2D eigenvalue weighted by atomic mass is 10.2. The number of aliphatic hydroxyl groups excluding tert-OH is 1. The SMILES string of the molecule is CCOC(=O)c1sc(NC(=O)/C(N=Nc2ccccc2C)=C(\C)O)nc1C. The maximum absolute atomic E-state index is 12.4. The fraction of sp³-hybridized carbons (Fsp3) is 0.278. The predicted octanol–water partition coefficient (Wildman–Crippen LogP) is 4.45. The summed E-state index contributed by atoms with van der Waals surface area (Å²) in [4.78, 5) is 28.7. The van der Waals surface area contributed by atoms with Crippen LogP contribution >= 0.6 is 11.3 Å². The van der Waals surface area contributed by atoms with Gasteiger partial charge in [-0.05, 0) is 39.3 Å². The third-order valence-electron chi connectivity index (χ3n) is 3.41. The molecule has 27 heavy (non-hydrogen) atoms. The Morgan fingerprint density at radius 2 is 2.00 bits per heavy atom. The minimum Gasteiger partial charge on any atom is -0.510 e. The van der Waals surface area contributed by atoms with Crippen molar-refractivity contribution in [2.75, 3.05) is 11.9 Å². The van der Waals surface area contributed by atoms with Crippen LogP contribution in [0.2, 0.25) is 0 Å². The van der Waals surface area contributed by atoms with E-state index in [-0.39, 0.29) is 23.2 Å². The number of benzene rings is 1. The summed E-state index contributed by atoms with van der Waals surface area (Å²) in [6.07, 6.45) is 0. The number of nitrogens with one attached hydrogen (secondary N) is 1. The van der Waals surface area contributed by atoms with Crippen molar-refractivity contribution in [1.82, 2.24) is 4.98 Å². The van der Waals surface area contributed by atoms with Gasteiger partial charge in [0.2, 0.25) is 0 Å². The highest BCUT2D eigenvalue weighted by Crippen LogP contribution is 2.25. The molecule has 9 heteroatoms. The number of aryl methyl sites for hydroxylation is 2. The second-order valence-corrected chi connectivity index (χ2v) is 6.53. The maximum atomic E-state index is 12.4. The van der Waals surface area contributed by atoms with Gasteiger partial charge in [-0.3, -0.25) is 10.1 Å². The van der Waals surface area contributed by atoms with Gasteiger partial charge in [0.25, 0.3) is 5.91 Å². The summed E-state index contributed by atoms with van der Waals surface area (Å²) in [6, 6.07) is 7.27. The number of hydrogen-bond donors (Lipinski definition) is 2. The van der Waals surface area contributed by atoms with E-state index in [0.29, 0.717) is 16.3 Å². The molecule has 0 radical (unpaired) electrons. The van der Waals surface area contributed by atoms with E-state index in [1.165, 1.54) is 6.92 Å². The minimum absolute atomic E-state index is 0.199. The molecular weight excluding hydrogens is 368 g/mol. The molecule has 1 amide bonds. The van der Waals surface area contributed by atoms with Crippen LogP contribution in [0.4, 0.5) is 10.8 Å². The minimum atomic E-state index is -0.684. The first-order valence-corrected chi connectivity index (χ1v) is 8.98. The summed E-state index contributed by atoms with van der Waals surface area (Å²) < 4.78 is 4.95. The Hall–Kier alpha value is -3.07. The van der Waals surface area contributed by atoms with E-state index in [1.807, 2.05) is 19.1 Å². The number of carbonyl (C=O) groups is 2. The van der Waals surface area contributed by atoms with Crippen molar-refractivity contribution in [3.05, 3.63) is 51.9 Å². The molecule has 0 bridgehead atoms. The second kappa shape index (κ2) is 9.04. The van der Waals surface area contributed by atoms with Crippen LogP contribution in [0.3, 0.4) is 0 Å². The molecule has 0 fully saturated rings. The number of carbonyl (C=O) groups excluding carboxylic acids is 2. The van der Waals surface area contributed by atoms with E-state index in [9.17, 15) is 14.7 Å². The summed E-state index contributed by atoms with van der Waals surface area (Å²) in [5.41, 5.74) is 1.66. The lowest BCUT2D eigenvalue weighted by molar-refractivity contribution is -0.113. The van der Waals surface area contributed by atoms with Crippen molar-refractivity contribution in [1.29, 1.82) is 0 Å². The van der Waals surface area contributed by atoms with Gasteiger partial charge in [-0.15, -0.1) is 10.2 Å². The van der Waals surface area contributed by atoms with Gasteiger partial charge in [-0.2, -0.15) is 0 Å². The normalized spacial score (nSPS) is 12.0. The van der Waals surface area contributed by atoms with Crippen LogP contribution < -0.4 is 5.32 Å². The average molecular weight is 388 g/mol. The van der Waals surface area contributed by atoms with E-state index in [0.717, 1.165) is 16.9 Å². The zero-order chi connectivity index (χ0) is 20.0. The Labute approximate surface area is 160 Å². The van der Waals surface area contributed by atoms with E-state index in [4.69, 9.17) is 4.74 Å². The molecule has 0 saturated heterocycles. The number of thiazole rings is 1. The molecule has 0 aliphatic heterocycles. The first-order valence-electron chi connectivity index (χ1n) is 8.16. The zero-order valence-corrected chi connectivity index (χ0v) is 16.3. The van der Waals surface area contributed by atoms with Gasteiger partial charge in [0, 0.05) is 0 Å². The molecule has 2 rings (SSSR count). The molecule has 0 atom stereocenters. The topological polar surface area (TPSA) is 113 Å². The second-order valence-electron chi connectivity index (χ2n) is 5.53. The smallest absolute Gasteiger partial charge is 0.350 e. The molecule has 2 N–H and O–H groups in total. The average Bonchev–Trinajstić information content (AvgIpc) is 2.97. The number of aliphatic hydroxyl groups is 1. The summed E-state index contributed by atoms with van der Waals surface area (Å²) >= 11 is 0.988.